The third-order valence-electron chi connectivity index (χ3n) is 5.20. The van der Waals surface area contributed by atoms with Gasteiger partial charge in [0.2, 0.25) is 5.88 Å². The summed E-state index contributed by atoms with van der Waals surface area (Å²) in [6, 6.07) is 19.1. The van der Waals surface area contributed by atoms with Crippen LogP contribution in [0.1, 0.15) is 17.5 Å². The number of carboxylic acid groups (broad SMARTS) is 1. The van der Waals surface area contributed by atoms with Crippen LogP contribution >= 0.6 is 23.2 Å². The van der Waals surface area contributed by atoms with Gasteiger partial charge in [0.1, 0.15) is 5.75 Å². The number of hydrogen-bond donors (Lipinski definition) is 2. The Morgan fingerprint density at radius 2 is 1.72 bits per heavy atom. The molecule has 0 aliphatic heterocycles. The standard InChI is InChI=1S/C25H21Cl2NO4/c1-15-6-2-3-7-19(15)20-8-4-9-21-22(24(28-23(20)21)32-25(29)30)10-5-11-31-18-13-16(26)12-17(27)14-18/h2-4,6-9,12-14,28H,5,10-11H2,1H3,(H,29,30). The van der Waals surface area contributed by atoms with Crippen LogP contribution in [0.25, 0.3) is 22.0 Å². The van der Waals surface area contributed by atoms with E-state index >= 15 is 0 Å². The second-order valence-electron chi connectivity index (χ2n) is 7.40. The van der Waals surface area contributed by atoms with Gasteiger partial charge in [0.25, 0.3) is 0 Å². The van der Waals surface area contributed by atoms with Crippen molar-refractivity contribution in [3.63, 3.8) is 0 Å². The fourth-order valence-corrected chi connectivity index (χ4v) is 4.33. The molecule has 4 rings (SSSR count). The van der Waals surface area contributed by atoms with E-state index in [1.807, 2.05) is 49.4 Å². The van der Waals surface area contributed by atoms with E-state index in [9.17, 15) is 9.90 Å². The molecule has 0 bridgehead atoms. The molecule has 1 aromatic heterocycles. The molecule has 2 N–H and O–H groups in total. The first-order valence-electron chi connectivity index (χ1n) is 10.1. The van der Waals surface area contributed by atoms with Gasteiger partial charge >= 0.3 is 6.16 Å². The average molecular weight is 470 g/mol. The highest BCUT2D eigenvalue weighted by atomic mass is 35.5. The molecule has 0 atom stereocenters. The molecule has 0 saturated carbocycles. The predicted octanol–water partition coefficient (Wildman–Crippen LogP) is 7.52. The smallest absolute Gasteiger partial charge is 0.493 e. The number of aromatic amines is 1. The summed E-state index contributed by atoms with van der Waals surface area (Å²) in [5.41, 5.74) is 4.84. The van der Waals surface area contributed by atoms with E-state index in [-0.39, 0.29) is 5.88 Å². The number of benzene rings is 3. The monoisotopic (exact) mass is 469 g/mol. The van der Waals surface area contributed by atoms with E-state index in [0.717, 1.165) is 33.2 Å². The normalized spacial score (nSPS) is 11.0. The van der Waals surface area contributed by atoms with E-state index in [1.54, 1.807) is 18.2 Å². The molecule has 0 fully saturated rings. The third kappa shape index (κ3) is 4.85. The molecule has 0 aliphatic rings. The maximum Gasteiger partial charge on any atom is 0.512 e. The maximum absolute atomic E-state index is 11.3. The lowest BCUT2D eigenvalue weighted by atomic mass is 9.97. The molecular formula is C25H21Cl2NO4. The van der Waals surface area contributed by atoms with Crippen molar-refractivity contribution >= 4 is 40.3 Å². The Morgan fingerprint density at radius 1 is 1.00 bits per heavy atom. The molecule has 32 heavy (non-hydrogen) atoms. The van der Waals surface area contributed by atoms with Crippen molar-refractivity contribution < 1.29 is 19.4 Å². The molecule has 0 aliphatic carbocycles. The number of carbonyl (C=O) groups is 1. The van der Waals surface area contributed by atoms with Crippen LogP contribution < -0.4 is 9.47 Å². The molecule has 0 amide bonds. The first-order valence-corrected chi connectivity index (χ1v) is 10.9. The first-order chi connectivity index (χ1) is 15.4. The summed E-state index contributed by atoms with van der Waals surface area (Å²) in [5.74, 6) is 0.824. The largest absolute Gasteiger partial charge is 0.512 e. The predicted molar refractivity (Wildman–Crippen MR) is 127 cm³/mol. The van der Waals surface area contributed by atoms with Gasteiger partial charge in [-0.15, -0.1) is 0 Å². The van der Waals surface area contributed by atoms with Gasteiger partial charge < -0.3 is 19.6 Å². The van der Waals surface area contributed by atoms with Crippen molar-refractivity contribution in [3.05, 3.63) is 81.8 Å². The molecule has 1 heterocycles. The zero-order chi connectivity index (χ0) is 22.7. The second-order valence-corrected chi connectivity index (χ2v) is 8.27. The van der Waals surface area contributed by atoms with Gasteiger partial charge in [-0.25, -0.2) is 4.79 Å². The van der Waals surface area contributed by atoms with Crippen molar-refractivity contribution in [2.45, 2.75) is 19.8 Å². The zero-order valence-corrected chi connectivity index (χ0v) is 18.8. The van der Waals surface area contributed by atoms with Gasteiger partial charge in [0.15, 0.2) is 0 Å². The minimum Gasteiger partial charge on any atom is -0.493 e. The highest BCUT2D eigenvalue weighted by Gasteiger charge is 2.18. The lowest BCUT2D eigenvalue weighted by Gasteiger charge is -2.08. The van der Waals surface area contributed by atoms with Crippen molar-refractivity contribution in [3.8, 4) is 22.8 Å². The fourth-order valence-electron chi connectivity index (χ4n) is 3.82. The fraction of sp³-hybridized carbons (Fsp3) is 0.160. The SMILES string of the molecule is Cc1ccccc1-c1cccc2c(CCCOc3cc(Cl)cc(Cl)c3)c(OC(=O)O)[nH]c12. The Bertz CT molecular complexity index is 1260. The van der Waals surface area contributed by atoms with Crippen LogP contribution in [0.4, 0.5) is 4.79 Å². The lowest BCUT2D eigenvalue weighted by molar-refractivity contribution is 0.142. The van der Waals surface area contributed by atoms with Gasteiger partial charge in [-0.2, -0.15) is 0 Å². The Kier molecular flexibility index (Phi) is 6.58. The van der Waals surface area contributed by atoms with E-state index in [1.165, 1.54) is 0 Å². The molecule has 3 aromatic carbocycles. The molecule has 0 radical (unpaired) electrons. The highest BCUT2D eigenvalue weighted by molar-refractivity contribution is 6.34. The number of halogens is 2. The van der Waals surface area contributed by atoms with Crippen LogP contribution in [0.15, 0.2) is 60.7 Å². The molecular weight excluding hydrogens is 449 g/mol. The average Bonchev–Trinajstić information content (AvgIpc) is 3.07. The van der Waals surface area contributed by atoms with Gasteiger partial charge in [-0.3, -0.25) is 0 Å². The summed E-state index contributed by atoms with van der Waals surface area (Å²) in [6.45, 7) is 2.46. The summed E-state index contributed by atoms with van der Waals surface area (Å²) in [4.78, 5) is 14.5. The minimum atomic E-state index is -1.36. The molecule has 5 nitrogen and oxygen atoms in total. The molecule has 0 spiro atoms. The summed E-state index contributed by atoms with van der Waals surface area (Å²) < 4.78 is 10.9. The Morgan fingerprint density at radius 3 is 2.44 bits per heavy atom. The van der Waals surface area contributed by atoms with Crippen LogP contribution in [-0.4, -0.2) is 22.9 Å². The van der Waals surface area contributed by atoms with Gasteiger partial charge in [0.05, 0.1) is 12.1 Å². The third-order valence-corrected chi connectivity index (χ3v) is 5.64. The molecule has 0 saturated heterocycles. The Balaban J connectivity index is 1.61. The molecule has 7 heteroatoms. The van der Waals surface area contributed by atoms with Crippen molar-refractivity contribution in [2.24, 2.45) is 0 Å². The van der Waals surface area contributed by atoms with Gasteiger partial charge in [0, 0.05) is 26.6 Å². The number of rotatable bonds is 7. The summed E-state index contributed by atoms with van der Waals surface area (Å²) in [6.07, 6.45) is -0.157. The van der Waals surface area contributed by atoms with E-state index in [0.29, 0.717) is 35.2 Å². The second kappa shape index (κ2) is 9.55. The number of aromatic nitrogens is 1. The van der Waals surface area contributed by atoms with Crippen LogP contribution in [0, 0.1) is 6.92 Å². The van der Waals surface area contributed by atoms with Gasteiger partial charge in [-0.1, -0.05) is 65.7 Å². The Hall–Kier alpha value is -3.15. The number of H-pyrrole nitrogens is 1. The van der Waals surface area contributed by atoms with E-state index in [4.69, 9.17) is 32.7 Å². The van der Waals surface area contributed by atoms with Crippen LogP contribution in [-0.2, 0) is 6.42 Å². The van der Waals surface area contributed by atoms with Gasteiger partial charge in [-0.05, 0) is 49.1 Å². The molecule has 0 unspecified atom stereocenters. The van der Waals surface area contributed by atoms with Crippen LogP contribution in [0.3, 0.4) is 0 Å². The lowest BCUT2D eigenvalue weighted by Crippen LogP contribution is -2.06. The highest BCUT2D eigenvalue weighted by Crippen LogP contribution is 2.36. The van der Waals surface area contributed by atoms with Crippen LogP contribution in [0.2, 0.25) is 10.0 Å². The number of hydrogen-bond acceptors (Lipinski definition) is 3. The molecule has 164 valence electrons. The van der Waals surface area contributed by atoms with E-state index < -0.39 is 6.16 Å². The quantitative estimate of drug-likeness (QED) is 0.217. The van der Waals surface area contributed by atoms with E-state index in [2.05, 4.69) is 4.98 Å². The zero-order valence-electron chi connectivity index (χ0n) is 17.3. The summed E-state index contributed by atoms with van der Waals surface area (Å²) >= 11 is 12.0. The topological polar surface area (TPSA) is 71.6 Å². The molecule has 4 aromatic rings. The Labute approximate surface area is 195 Å². The minimum absolute atomic E-state index is 0.235. The van der Waals surface area contributed by atoms with Crippen LogP contribution in [0.5, 0.6) is 11.6 Å². The maximum atomic E-state index is 11.3. The van der Waals surface area contributed by atoms with Crippen molar-refractivity contribution in [1.29, 1.82) is 0 Å². The summed E-state index contributed by atoms with van der Waals surface area (Å²) in [7, 11) is 0. The number of ether oxygens (including phenoxy) is 2. The summed E-state index contributed by atoms with van der Waals surface area (Å²) in [5, 5.41) is 11.2. The number of nitrogens with one attached hydrogen (secondary N) is 1. The van der Waals surface area contributed by atoms with Crippen molar-refractivity contribution in [2.75, 3.05) is 6.61 Å². The van der Waals surface area contributed by atoms with Crippen molar-refractivity contribution in [1.82, 2.24) is 4.98 Å². The number of para-hydroxylation sites is 1. The number of fused-ring (bicyclic) bond motifs is 1. The first kappa shape index (κ1) is 22.1. The number of aryl methyl sites for hydroxylation is 2.